The monoisotopic (exact) mass is 396 g/mol. The van der Waals surface area contributed by atoms with Crippen LogP contribution in [0.2, 0.25) is 0 Å². The van der Waals surface area contributed by atoms with E-state index in [0.717, 1.165) is 10.2 Å². The third-order valence-electron chi connectivity index (χ3n) is 4.25. The summed E-state index contributed by atoms with van der Waals surface area (Å²) in [7, 11) is 0. The van der Waals surface area contributed by atoms with E-state index < -0.39 is 18.0 Å². The van der Waals surface area contributed by atoms with E-state index in [9.17, 15) is 14.4 Å². The summed E-state index contributed by atoms with van der Waals surface area (Å²) in [6.07, 6.45) is -0.860. The summed E-state index contributed by atoms with van der Waals surface area (Å²) < 4.78 is 5.99. The highest BCUT2D eigenvalue weighted by Crippen LogP contribution is 2.28. The molecule has 1 N–H and O–H groups in total. The standard InChI is InChI=1S/C16H17BrN2O5/c17-11-2-1-3-12(7-11)19-8-10(6-14(19)20)15(21)18-4-5-24-13(9-18)16(22)23/h1-3,7,10,13H,4-6,8-9H2,(H,22,23). The highest BCUT2D eigenvalue weighted by atomic mass is 79.9. The first-order valence-corrected chi connectivity index (χ1v) is 8.44. The van der Waals surface area contributed by atoms with E-state index in [1.807, 2.05) is 24.3 Å². The Kier molecular flexibility index (Phi) is 4.86. The Morgan fingerprint density at radius 2 is 2.08 bits per heavy atom. The van der Waals surface area contributed by atoms with Gasteiger partial charge in [0.25, 0.3) is 0 Å². The van der Waals surface area contributed by atoms with Crippen molar-refractivity contribution in [1.29, 1.82) is 0 Å². The fourth-order valence-corrected chi connectivity index (χ4v) is 3.41. The van der Waals surface area contributed by atoms with Gasteiger partial charge < -0.3 is 19.6 Å². The van der Waals surface area contributed by atoms with Crippen molar-refractivity contribution >= 4 is 39.4 Å². The van der Waals surface area contributed by atoms with Crippen LogP contribution in [0.25, 0.3) is 0 Å². The number of halogens is 1. The molecular formula is C16H17BrN2O5. The van der Waals surface area contributed by atoms with E-state index in [1.54, 1.807) is 4.90 Å². The van der Waals surface area contributed by atoms with Crippen LogP contribution in [0.3, 0.4) is 0 Å². The zero-order chi connectivity index (χ0) is 17.3. The zero-order valence-electron chi connectivity index (χ0n) is 12.9. The van der Waals surface area contributed by atoms with Crippen LogP contribution in [0.1, 0.15) is 6.42 Å². The van der Waals surface area contributed by atoms with Crippen molar-refractivity contribution in [2.75, 3.05) is 31.1 Å². The van der Waals surface area contributed by atoms with Crippen LogP contribution in [-0.2, 0) is 19.1 Å². The lowest BCUT2D eigenvalue weighted by molar-refractivity contribution is -0.160. The van der Waals surface area contributed by atoms with Gasteiger partial charge in [-0.25, -0.2) is 4.79 Å². The molecule has 0 spiro atoms. The van der Waals surface area contributed by atoms with Crippen LogP contribution in [0.4, 0.5) is 5.69 Å². The Balaban J connectivity index is 1.69. The number of nitrogens with zero attached hydrogens (tertiary/aromatic N) is 2. The van der Waals surface area contributed by atoms with Crippen molar-refractivity contribution in [3.05, 3.63) is 28.7 Å². The molecule has 2 aliphatic rings. The number of carboxylic acid groups (broad SMARTS) is 1. The molecule has 2 atom stereocenters. The largest absolute Gasteiger partial charge is 0.479 e. The molecule has 0 bridgehead atoms. The molecule has 2 saturated heterocycles. The molecule has 2 fully saturated rings. The molecule has 2 aliphatic heterocycles. The number of morpholine rings is 1. The molecule has 2 unspecified atom stereocenters. The number of anilines is 1. The summed E-state index contributed by atoms with van der Waals surface area (Å²) in [6.45, 7) is 0.877. The van der Waals surface area contributed by atoms with Gasteiger partial charge in [-0.2, -0.15) is 0 Å². The number of carbonyl (C=O) groups is 3. The van der Waals surface area contributed by atoms with Crippen LogP contribution in [0.15, 0.2) is 28.7 Å². The van der Waals surface area contributed by atoms with E-state index in [1.165, 1.54) is 4.90 Å². The molecule has 0 aliphatic carbocycles. The van der Waals surface area contributed by atoms with Gasteiger partial charge in [-0.3, -0.25) is 9.59 Å². The lowest BCUT2D eigenvalue weighted by atomic mass is 10.1. The topological polar surface area (TPSA) is 87.2 Å². The highest BCUT2D eigenvalue weighted by molar-refractivity contribution is 9.10. The van der Waals surface area contributed by atoms with Crippen molar-refractivity contribution in [2.24, 2.45) is 5.92 Å². The Bertz CT molecular complexity index is 680. The second-order valence-electron chi connectivity index (χ2n) is 5.87. The quantitative estimate of drug-likeness (QED) is 0.826. The molecule has 1 aromatic rings. The maximum atomic E-state index is 12.6. The molecule has 3 rings (SSSR count). The molecule has 0 saturated carbocycles. The molecule has 0 radical (unpaired) electrons. The average Bonchev–Trinajstić information content (AvgIpc) is 2.96. The summed E-state index contributed by atoms with van der Waals surface area (Å²) in [5, 5.41) is 9.03. The Morgan fingerprint density at radius 1 is 1.29 bits per heavy atom. The van der Waals surface area contributed by atoms with Crippen LogP contribution in [-0.4, -0.2) is 60.1 Å². The van der Waals surface area contributed by atoms with Crippen molar-refractivity contribution in [3.8, 4) is 0 Å². The SMILES string of the molecule is O=C(O)C1CN(C(=O)C2CC(=O)N(c3cccc(Br)c3)C2)CCO1. The molecular weight excluding hydrogens is 380 g/mol. The van der Waals surface area contributed by atoms with Gasteiger partial charge in [0.1, 0.15) is 0 Å². The maximum Gasteiger partial charge on any atom is 0.334 e. The second-order valence-corrected chi connectivity index (χ2v) is 6.78. The predicted octanol–water partition coefficient (Wildman–Crippen LogP) is 1.11. The summed E-state index contributed by atoms with van der Waals surface area (Å²) in [4.78, 5) is 39.0. The summed E-state index contributed by atoms with van der Waals surface area (Å²) in [5.74, 6) is -1.82. The zero-order valence-corrected chi connectivity index (χ0v) is 14.4. The minimum absolute atomic E-state index is 0.0236. The summed E-state index contributed by atoms with van der Waals surface area (Å²) in [5.41, 5.74) is 0.745. The van der Waals surface area contributed by atoms with Gasteiger partial charge in [-0.1, -0.05) is 22.0 Å². The Hall–Kier alpha value is -1.93. The number of benzene rings is 1. The lowest BCUT2D eigenvalue weighted by Gasteiger charge is -2.32. The number of hydrogen-bond donors (Lipinski definition) is 1. The third kappa shape index (κ3) is 3.44. The van der Waals surface area contributed by atoms with E-state index in [4.69, 9.17) is 9.84 Å². The van der Waals surface area contributed by atoms with Gasteiger partial charge in [0.15, 0.2) is 6.10 Å². The third-order valence-corrected chi connectivity index (χ3v) is 4.74. The molecule has 2 heterocycles. The number of amides is 2. The summed E-state index contributed by atoms with van der Waals surface area (Å²) in [6, 6.07) is 7.36. The van der Waals surface area contributed by atoms with E-state index in [0.29, 0.717) is 13.1 Å². The molecule has 24 heavy (non-hydrogen) atoms. The van der Waals surface area contributed by atoms with E-state index in [-0.39, 0.29) is 31.4 Å². The number of hydrogen-bond acceptors (Lipinski definition) is 4. The Labute approximate surface area is 147 Å². The van der Waals surface area contributed by atoms with Gasteiger partial charge in [-0.05, 0) is 18.2 Å². The van der Waals surface area contributed by atoms with Crippen LogP contribution in [0.5, 0.6) is 0 Å². The van der Waals surface area contributed by atoms with Crippen LogP contribution >= 0.6 is 15.9 Å². The number of rotatable bonds is 3. The van der Waals surface area contributed by atoms with Gasteiger partial charge in [0.05, 0.1) is 19.1 Å². The summed E-state index contributed by atoms with van der Waals surface area (Å²) >= 11 is 3.37. The van der Waals surface area contributed by atoms with Crippen LogP contribution < -0.4 is 4.90 Å². The predicted molar refractivity (Wildman–Crippen MR) is 88.6 cm³/mol. The lowest BCUT2D eigenvalue weighted by Crippen LogP contribution is -2.50. The van der Waals surface area contributed by atoms with Crippen molar-refractivity contribution in [3.63, 3.8) is 0 Å². The number of carboxylic acids is 1. The highest BCUT2D eigenvalue weighted by Gasteiger charge is 2.39. The second kappa shape index (κ2) is 6.90. The van der Waals surface area contributed by atoms with Crippen molar-refractivity contribution < 1.29 is 24.2 Å². The van der Waals surface area contributed by atoms with Gasteiger partial charge in [0, 0.05) is 29.7 Å². The minimum Gasteiger partial charge on any atom is -0.479 e. The van der Waals surface area contributed by atoms with Gasteiger partial charge in [-0.15, -0.1) is 0 Å². The maximum absolute atomic E-state index is 12.6. The molecule has 0 aromatic heterocycles. The van der Waals surface area contributed by atoms with Crippen molar-refractivity contribution in [2.45, 2.75) is 12.5 Å². The molecule has 8 heteroatoms. The minimum atomic E-state index is -1.08. The van der Waals surface area contributed by atoms with E-state index in [2.05, 4.69) is 15.9 Å². The fourth-order valence-electron chi connectivity index (χ4n) is 3.02. The number of ether oxygens (including phenoxy) is 1. The molecule has 2 amide bonds. The van der Waals surface area contributed by atoms with E-state index >= 15 is 0 Å². The average molecular weight is 397 g/mol. The number of aliphatic carboxylic acids is 1. The normalized spacial score (nSPS) is 24.3. The number of carbonyl (C=O) groups excluding carboxylic acids is 2. The molecule has 128 valence electrons. The Morgan fingerprint density at radius 3 is 2.79 bits per heavy atom. The van der Waals surface area contributed by atoms with Gasteiger partial charge in [0.2, 0.25) is 11.8 Å². The smallest absolute Gasteiger partial charge is 0.334 e. The first-order valence-electron chi connectivity index (χ1n) is 7.65. The van der Waals surface area contributed by atoms with Crippen LogP contribution in [0, 0.1) is 5.92 Å². The molecule has 7 nitrogen and oxygen atoms in total. The first-order chi connectivity index (χ1) is 11.5. The van der Waals surface area contributed by atoms with Gasteiger partial charge >= 0.3 is 5.97 Å². The fraction of sp³-hybridized carbons (Fsp3) is 0.438. The van der Waals surface area contributed by atoms with Crippen molar-refractivity contribution in [1.82, 2.24) is 4.90 Å². The molecule has 1 aromatic carbocycles. The first kappa shape index (κ1) is 16.9.